The molecule has 0 spiro atoms. The first-order valence-electron chi connectivity index (χ1n) is 7.29. The summed E-state index contributed by atoms with van der Waals surface area (Å²) in [7, 11) is 0. The van der Waals surface area contributed by atoms with E-state index in [4.69, 9.17) is 0 Å². The van der Waals surface area contributed by atoms with E-state index >= 15 is 0 Å². The first-order valence-corrected chi connectivity index (χ1v) is 8.11. The molecule has 0 aromatic carbocycles. The second kappa shape index (κ2) is 6.27. The zero-order chi connectivity index (χ0) is 15.5. The van der Waals surface area contributed by atoms with Crippen LogP contribution in [0.4, 0.5) is 10.8 Å². The molecule has 3 rings (SSSR count). The van der Waals surface area contributed by atoms with Gasteiger partial charge >= 0.3 is 0 Å². The molecule has 2 aromatic heterocycles. The van der Waals surface area contributed by atoms with Crippen LogP contribution in [0.3, 0.4) is 0 Å². The molecule has 0 radical (unpaired) electrons. The number of aromatic nitrogens is 1. The van der Waals surface area contributed by atoms with Crippen molar-refractivity contribution >= 4 is 34.0 Å². The second-order valence-corrected chi connectivity index (χ2v) is 6.37. The van der Waals surface area contributed by atoms with Gasteiger partial charge in [0.1, 0.15) is 10.8 Å². The van der Waals surface area contributed by atoms with Gasteiger partial charge < -0.3 is 10.6 Å². The number of carbonyl (C=O) groups excluding carboxylic acids is 2. The largest absolute Gasteiger partial charge is 0.317 e. The monoisotopic (exact) mass is 315 g/mol. The number of anilines is 2. The minimum Gasteiger partial charge on any atom is -0.317 e. The molecular weight excluding hydrogens is 298 g/mol. The molecular formula is C16H17N3O2S. The predicted molar refractivity (Wildman–Crippen MR) is 87.5 cm³/mol. The van der Waals surface area contributed by atoms with Gasteiger partial charge in [0.05, 0.1) is 5.56 Å². The van der Waals surface area contributed by atoms with E-state index in [0.29, 0.717) is 16.4 Å². The van der Waals surface area contributed by atoms with E-state index in [1.54, 1.807) is 18.3 Å². The first-order chi connectivity index (χ1) is 10.6. The molecule has 0 aliphatic heterocycles. The number of fused-ring (bicyclic) bond motifs is 1. The summed E-state index contributed by atoms with van der Waals surface area (Å²) in [4.78, 5) is 29.4. The van der Waals surface area contributed by atoms with Crippen LogP contribution in [0.15, 0.2) is 24.4 Å². The summed E-state index contributed by atoms with van der Waals surface area (Å²) in [5.41, 5.74) is 1.67. The topological polar surface area (TPSA) is 71.1 Å². The Kier molecular flexibility index (Phi) is 4.20. The average molecular weight is 315 g/mol. The van der Waals surface area contributed by atoms with Crippen molar-refractivity contribution in [3.63, 3.8) is 0 Å². The van der Waals surface area contributed by atoms with Crippen LogP contribution in [-0.2, 0) is 17.6 Å². The van der Waals surface area contributed by atoms with Gasteiger partial charge in [-0.2, -0.15) is 0 Å². The highest BCUT2D eigenvalue weighted by Crippen LogP contribution is 2.38. The van der Waals surface area contributed by atoms with Gasteiger partial charge in [-0.15, -0.1) is 11.3 Å². The lowest BCUT2D eigenvalue weighted by Crippen LogP contribution is -2.18. The highest BCUT2D eigenvalue weighted by Gasteiger charge is 2.26. The lowest BCUT2D eigenvalue weighted by Gasteiger charge is -2.13. The zero-order valence-electron chi connectivity index (χ0n) is 12.3. The molecule has 2 amide bonds. The van der Waals surface area contributed by atoms with Gasteiger partial charge in [-0.1, -0.05) is 6.07 Å². The molecule has 0 bridgehead atoms. The van der Waals surface area contributed by atoms with Crippen LogP contribution in [0.25, 0.3) is 0 Å². The average Bonchev–Trinajstić information content (AvgIpc) is 2.85. The number of amides is 2. The Balaban J connectivity index is 1.95. The van der Waals surface area contributed by atoms with Crippen LogP contribution in [0.1, 0.15) is 40.6 Å². The van der Waals surface area contributed by atoms with Crippen molar-refractivity contribution in [2.75, 3.05) is 10.6 Å². The molecule has 0 saturated carbocycles. The van der Waals surface area contributed by atoms with Crippen LogP contribution < -0.4 is 10.6 Å². The maximum absolute atomic E-state index is 12.7. The molecule has 2 aromatic rings. The molecule has 5 nitrogen and oxygen atoms in total. The number of carbonyl (C=O) groups is 2. The standard InChI is InChI=1S/C16H17N3O2S/c1-10(20)18-16-14(11-6-2-3-7-12(11)22-16)15(21)19-13-8-4-5-9-17-13/h4-5,8-9H,2-3,6-7H2,1H3,(H,18,20)(H,17,19,21). The minimum atomic E-state index is -0.207. The normalized spacial score (nSPS) is 13.3. The van der Waals surface area contributed by atoms with Gasteiger partial charge in [-0.25, -0.2) is 4.98 Å². The molecule has 0 atom stereocenters. The first kappa shape index (κ1) is 14.7. The fraction of sp³-hybridized carbons (Fsp3) is 0.312. The zero-order valence-corrected chi connectivity index (χ0v) is 13.1. The summed E-state index contributed by atoms with van der Waals surface area (Å²) < 4.78 is 0. The molecule has 0 fully saturated rings. The summed E-state index contributed by atoms with van der Waals surface area (Å²) in [5, 5.41) is 6.26. The van der Waals surface area contributed by atoms with Gasteiger partial charge in [0.15, 0.2) is 0 Å². The minimum absolute atomic E-state index is 0.162. The summed E-state index contributed by atoms with van der Waals surface area (Å²) in [6.07, 6.45) is 5.70. The Morgan fingerprint density at radius 3 is 2.73 bits per heavy atom. The van der Waals surface area contributed by atoms with E-state index in [2.05, 4.69) is 15.6 Å². The van der Waals surface area contributed by atoms with Gasteiger partial charge in [-0.3, -0.25) is 9.59 Å². The van der Waals surface area contributed by atoms with Gasteiger partial charge in [0.2, 0.25) is 5.91 Å². The van der Waals surface area contributed by atoms with E-state index in [9.17, 15) is 9.59 Å². The quantitative estimate of drug-likeness (QED) is 0.913. The summed E-state index contributed by atoms with van der Waals surface area (Å²) in [5.74, 6) is 0.143. The van der Waals surface area contributed by atoms with Crippen molar-refractivity contribution in [2.24, 2.45) is 0 Å². The molecule has 22 heavy (non-hydrogen) atoms. The maximum Gasteiger partial charge on any atom is 0.260 e. The summed E-state index contributed by atoms with van der Waals surface area (Å²) in [6, 6.07) is 5.36. The van der Waals surface area contributed by atoms with Gasteiger partial charge in [-0.05, 0) is 43.4 Å². The highest BCUT2D eigenvalue weighted by atomic mass is 32.1. The van der Waals surface area contributed by atoms with Crippen LogP contribution in [0.2, 0.25) is 0 Å². The van der Waals surface area contributed by atoms with Crippen molar-refractivity contribution in [1.29, 1.82) is 0 Å². The fourth-order valence-corrected chi connectivity index (χ4v) is 4.00. The third kappa shape index (κ3) is 3.01. The molecule has 6 heteroatoms. The van der Waals surface area contributed by atoms with E-state index in [0.717, 1.165) is 31.2 Å². The van der Waals surface area contributed by atoms with E-state index in [1.165, 1.54) is 23.1 Å². The lowest BCUT2D eigenvalue weighted by molar-refractivity contribution is -0.114. The molecule has 0 unspecified atom stereocenters. The van der Waals surface area contributed by atoms with Crippen LogP contribution in [0, 0.1) is 0 Å². The van der Waals surface area contributed by atoms with Crippen molar-refractivity contribution < 1.29 is 9.59 Å². The maximum atomic E-state index is 12.7. The Morgan fingerprint density at radius 1 is 1.18 bits per heavy atom. The Labute approximate surface area is 132 Å². The Hall–Kier alpha value is -2.21. The SMILES string of the molecule is CC(=O)Nc1sc2c(c1C(=O)Nc1ccccn1)CCCC2. The third-order valence-corrected chi connectivity index (χ3v) is 4.80. The van der Waals surface area contributed by atoms with Gasteiger partial charge in [0.25, 0.3) is 5.91 Å². The molecule has 114 valence electrons. The Morgan fingerprint density at radius 2 is 2.00 bits per heavy atom. The number of hydrogen-bond acceptors (Lipinski definition) is 4. The number of hydrogen-bond donors (Lipinski definition) is 2. The predicted octanol–water partition coefficient (Wildman–Crippen LogP) is 3.23. The summed E-state index contributed by atoms with van der Waals surface area (Å²) in [6.45, 7) is 1.46. The van der Waals surface area contributed by atoms with Crippen molar-refractivity contribution in [1.82, 2.24) is 4.98 Å². The summed E-state index contributed by atoms with van der Waals surface area (Å²) >= 11 is 1.52. The van der Waals surface area contributed by atoms with Crippen LogP contribution in [0.5, 0.6) is 0 Å². The number of nitrogens with zero attached hydrogens (tertiary/aromatic N) is 1. The lowest BCUT2D eigenvalue weighted by atomic mass is 9.95. The van der Waals surface area contributed by atoms with Crippen molar-refractivity contribution in [3.05, 3.63) is 40.4 Å². The fourth-order valence-electron chi connectivity index (χ4n) is 2.67. The molecule has 1 aliphatic carbocycles. The van der Waals surface area contributed by atoms with Gasteiger partial charge in [0, 0.05) is 18.0 Å². The number of nitrogens with one attached hydrogen (secondary N) is 2. The number of aryl methyl sites for hydroxylation is 1. The number of pyridine rings is 1. The number of rotatable bonds is 3. The number of thiophene rings is 1. The molecule has 0 saturated heterocycles. The molecule has 1 aliphatic rings. The van der Waals surface area contributed by atoms with E-state index in [-0.39, 0.29) is 11.8 Å². The van der Waals surface area contributed by atoms with Crippen molar-refractivity contribution in [2.45, 2.75) is 32.6 Å². The van der Waals surface area contributed by atoms with Crippen LogP contribution in [-0.4, -0.2) is 16.8 Å². The third-order valence-electron chi connectivity index (χ3n) is 3.59. The Bertz CT molecular complexity index is 710. The highest BCUT2D eigenvalue weighted by molar-refractivity contribution is 7.17. The second-order valence-electron chi connectivity index (χ2n) is 5.27. The molecule has 2 N–H and O–H groups in total. The van der Waals surface area contributed by atoms with Crippen molar-refractivity contribution in [3.8, 4) is 0 Å². The van der Waals surface area contributed by atoms with Crippen LogP contribution >= 0.6 is 11.3 Å². The van der Waals surface area contributed by atoms with E-state index in [1.807, 2.05) is 6.07 Å². The van der Waals surface area contributed by atoms with E-state index < -0.39 is 0 Å². The smallest absolute Gasteiger partial charge is 0.260 e. The molecule has 2 heterocycles.